The number of benzene rings is 1. The van der Waals surface area contributed by atoms with Crippen LogP contribution in [0.2, 0.25) is 0 Å². The van der Waals surface area contributed by atoms with E-state index in [-0.39, 0.29) is 0 Å². The minimum absolute atomic E-state index is 0.405. The highest BCUT2D eigenvalue weighted by Gasteiger charge is 2.07. The van der Waals surface area contributed by atoms with Crippen molar-refractivity contribution in [2.75, 3.05) is 7.11 Å². The Morgan fingerprint density at radius 2 is 2.20 bits per heavy atom. The molecule has 1 heterocycles. The summed E-state index contributed by atoms with van der Waals surface area (Å²) in [5.74, 6) is 1.18. The predicted octanol–water partition coefficient (Wildman–Crippen LogP) is 3.55. The lowest BCUT2D eigenvalue weighted by Crippen LogP contribution is -1.98. The zero-order chi connectivity index (χ0) is 14.4. The molecule has 5 heteroatoms. The van der Waals surface area contributed by atoms with Gasteiger partial charge in [-0.25, -0.2) is 4.98 Å². The first-order valence-corrected chi connectivity index (χ1v) is 7.29. The number of aromatic nitrogens is 1. The highest BCUT2D eigenvalue weighted by molar-refractivity contribution is 7.09. The Balaban J connectivity index is 2.04. The first-order valence-electron chi connectivity index (χ1n) is 6.41. The second kappa shape index (κ2) is 6.92. The quantitative estimate of drug-likeness (QED) is 0.815. The molecule has 0 N–H and O–H groups in total. The number of rotatable bonds is 6. The van der Waals surface area contributed by atoms with Crippen molar-refractivity contribution >= 4 is 11.3 Å². The second-order valence-electron chi connectivity index (χ2n) is 4.25. The number of nitriles is 1. The van der Waals surface area contributed by atoms with E-state index in [4.69, 9.17) is 14.7 Å². The molecule has 0 amide bonds. The van der Waals surface area contributed by atoms with Crippen LogP contribution < -0.4 is 9.47 Å². The SMILES string of the molecule is CCCc1nc(COc2ccc(C#N)cc2OC)cs1. The van der Waals surface area contributed by atoms with Gasteiger partial charge >= 0.3 is 0 Å². The summed E-state index contributed by atoms with van der Waals surface area (Å²) in [4.78, 5) is 4.50. The normalized spacial score (nSPS) is 10.1. The number of hydrogen-bond acceptors (Lipinski definition) is 5. The standard InChI is InChI=1S/C15H16N2O2S/c1-3-4-15-17-12(10-20-15)9-19-13-6-5-11(8-16)7-14(13)18-2/h5-7,10H,3-4,9H2,1-2H3. The van der Waals surface area contributed by atoms with E-state index >= 15 is 0 Å². The maximum atomic E-state index is 8.85. The average Bonchev–Trinajstić information content (AvgIpc) is 2.93. The van der Waals surface area contributed by atoms with Crippen LogP contribution in [0.4, 0.5) is 0 Å². The molecule has 0 bridgehead atoms. The monoisotopic (exact) mass is 288 g/mol. The van der Waals surface area contributed by atoms with Gasteiger partial charge in [0.05, 0.1) is 29.4 Å². The molecule has 104 valence electrons. The third-order valence-corrected chi connectivity index (χ3v) is 3.69. The Morgan fingerprint density at radius 3 is 2.90 bits per heavy atom. The van der Waals surface area contributed by atoms with Crippen LogP contribution >= 0.6 is 11.3 Å². The Labute approximate surface area is 122 Å². The van der Waals surface area contributed by atoms with Gasteiger partial charge in [0.25, 0.3) is 0 Å². The fraction of sp³-hybridized carbons (Fsp3) is 0.333. The molecule has 0 unspecified atom stereocenters. The first kappa shape index (κ1) is 14.4. The fourth-order valence-corrected chi connectivity index (χ4v) is 2.64. The number of ether oxygens (including phenoxy) is 2. The Bertz CT molecular complexity index is 617. The van der Waals surface area contributed by atoms with Crippen molar-refractivity contribution in [3.63, 3.8) is 0 Å². The van der Waals surface area contributed by atoms with Crippen LogP contribution in [0, 0.1) is 11.3 Å². The van der Waals surface area contributed by atoms with E-state index in [1.165, 1.54) is 0 Å². The van der Waals surface area contributed by atoms with Crippen LogP contribution in [0.15, 0.2) is 23.6 Å². The summed E-state index contributed by atoms with van der Waals surface area (Å²) in [5, 5.41) is 12.0. The second-order valence-corrected chi connectivity index (χ2v) is 5.19. The van der Waals surface area contributed by atoms with Gasteiger partial charge in [-0.05, 0) is 25.0 Å². The molecule has 2 aromatic rings. The van der Waals surface area contributed by atoms with Gasteiger partial charge in [0, 0.05) is 11.4 Å². The lowest BCUT2D eigenvalue weighted by Gasteiger charge is -2.09. The summed E-state index contributed by atoms with van der Waals surface area (Å²) in [5.41, 5.74) is 1.47. The number of methoxy groups -OCH3 is 1. The molecular formula is C15H16N2O2S. The molecule has 0 fully saturated rings. The molecule has 0 saturated heterocycles. The summed E-state index contributed by atoms with van der Waals surface area (Å²) >= 11 is 1.66. The molecule has 0 saturated carbocycles. The van der Waals surface area contributed by atoms with Crippen molar-refractivity contribution < 1.29 is 9.47 Å². The first-order chi connectivity index (χ1) is 9.76. The molecule has 0 aliphatic rings. The zero-order valence-corrected chi connectivity index (χ0v) is 12.4. The minimum atomic E-state index is 0.405. The number of nitrogens with zero attached hydrogens (tertiary/aromatic N) is 2. The molecule has 0 aliphatic heterocycles. The lowest BCUT2D eigenvalue weighted by molar-refractivity contribution is 0.281. The molecular weight excluding hydrogens is 272 g/mol. The molecule has 0 radical (unpaired) electrons. The Morgan fingerprint density at radius 1 is 1.35 bits per heavy atom. The van der Waals surface area contributed by atoms with Gasteiger partial charge < -0.3 is 9.47 Å². The smallest absolute Gasteiger partial charge is 0.162 e. The minimum Gasteiger partial charge on any atom is -0.493 e. The van der Waals surface area contributed by atoms with Crippen LogP contribution in [-0.4, -0.2) is 12.1 Å². The maximum absolute atomic E-state index is 8.85. The number of thiazole rings is 1. The number of aryl methyl sites for hydroxylation is 1. The van der Waals surface area contributed by atoms with Crippen molar-refractivity contribution in [1.29, 1.82) is 5.26 Å². The summed E-state index contributed by atoms with van der Waals surface area (Å²) in [6.45, 7) is 2.54. The van der Waals surface area contributed by atoms with Crippen LogP contribution in [0.25, 0.3) is 0 Å². The molecule has 0 atom stereocenters. The zero-order valence-electron chi connectivity index (χ0n) is 11.5. The van der Waals surface area contributed by atoms with E-state index < -0.39 is 0 Å². The van der Waals surface area contributed by atoms with E-state index in [2.05, 4.69) is 18.0 Å². The third-order valence-electron chi connectivity index (χ3n) is 2.73. The van der Waals surface area contributed by atoms with Crippen LogP contribution in [0.1, 0.15) is 29.6 Å². The fourth-order valence-electron chi connectivity index (χ4n) is 1.75. The topological polar surface area (TPSA) is 55.1 Å². The molecule has 1 aromatic heterocycles. The highest BCUT2D eigenvalue weighted by Crippen LogP contribution is 2.28. The van der Waals surface area contributed by atoms with Gasteiger partial charge in [0.15, 0.2) is 11.5 Å². The summed E-state index contributed by atoms with van der Waals surface area (Å²) in [6, 6.07) is 7.20. The average molecular weight is 288 g/mol. The molecule has 1 aromatic carbocycles. The van der Waals surface area contributed by atoms with E-state index in [0.29, 0.717) is 23.7 Å². The van der Waals surface area contributed by atoms with Crippen LogP contribution in [-0.2, 0) is 13.0 Å². The van der Waals surface area contributed by atoms with Crippen molar-refractivity contribution in [3.8, 4) is 17.6 Å². The summed E-state index contributed by atoms with van der Waals surface area (Å²) in [6.07, 6.45) is 2.10. The molecule has 2 rings (SSSR count). The van der Waals surface area contributed by atoms with Crippen molar-refractivity contribution in [2.45, 2.75) is 26.4 Å². The van der Waals surface area contributed by atoms with Gasteiger partial charge in [-0.1, -0.05) is 6.92 Å². The Hall–Kier alpha value is -2.06. The van der Waals surface area contributed by atoms with Gasteiger partial charge in [-0.2, -0.15) is 5.26 Å². The Kier molecular flexibility index (Phi) is 4.97. The molecule has 20 heavy (non-hydrogen) atoms. The van der Waals surface area contributed by atoms with Gasteiger partial charge in [-0.15, -0.1) is 11.3 Å². The predicted molar refractivity (Wildman–Crippen MR) is 78.2 cm³/mol. The summed E-state index contributed by atoms with van der Waals surface area (Å²) < 4.78 is 10.9. The highest BCUT2D eigenvalue weighted by atomic mass is 32.1. The number of hydrogen-bond donors (Lipinski definition) is 0. The van der Waals surface area contributed by atoms with Gasteiger partial charge in [0.2, 0.25) is 0 Å². The van der Waals surface area contributed by atoms with Crippen LogP contribution in [0.5, 0.6) is 11.5 Å². The maximum Gasteiger partial charge on any atom is 0.162 e. The van der Waals surface area contributed by atoms with E-state index in [0.717, 1.165) is 23.5 Å². The molecule has 0 aliphatic carbocycles. The van der Waals surface area contributed by atoms with Crippen molar-refractivity contribution in [2.24, 2.45) is 0 Å². The van der Waals surface area contributed by atoms with Crippen molar-refractivity contribution in [3.05, 3.63) is 39.8 Å². The molecule has 0 spiro atoms. The van der Waals surface area contributed by atoms with Gasteiger partial charge in [-0.3, -0.25) is 0 Å². The summed E-state index contributed by atoms with van der Waals surface area (Å²) in [7, 11) is 1.56. The third kappa shape index (κ3) is 3.49. The van der Waals surface area contributed by atoms with E-state index in [1.54, 1.807) is 36.6 Å². The molecule has 4 nitrogen and oxygen atoms in total. The van der Waals surface area contributed by atoms with E-state index in [1.807, 2.05) is 5.38 Å². The largest absolute Gasteiger partial charge is 0.493 e. The lowest BCUT2D eigenvalue weighted by atomic mass is 10.2. The van der Waals surface area contributed by atoms with E-state index in [9.17, 15) is 0 Å². The van der Waals surface area contributed by atoms with Crippen LogP contribution in [0.3, 0.4) is 0 Å². The van der Waals surface area contributed by atoms with Crippen molar-refractivity contribution in [1.82, 2.24) is 4.98 Å². The van der Waals surface area contributed by atoms with Gasteiger partial charge in [0.1, 0.15) is 6.61 Å².